The summed E-state index contributed by atoms with van der Waals surface area (Å²) in [5.41, 5.74) is 5.30. The topological polar surface area (TPSA) is 96.7 Å². The zero-order valence-corrected chi connectivity index (χ0v) is 15.1. The van der Waals surface area contributed by atoms with Crippen LogP contribution in [0.5, 0.6) is 0 Å². The van der Waals surface area contributed by atoms with E-state index in [1.807, 2.05) is 78.9 Å². The van der Waals surface area contributed by atoms with Crippen molar-refractivity contribution in [2.75, 3.05) is 0 Å². The lowest BCUT2D eigenvalue weighted by atomic mass is 10.0. The largest absolute Gasteiger partial charge is 0.475 e. The fourth-order valence-electron chi connectivity index (χ4n) is 3.32. The lowest BCUT2D eigenvalue weighted by Gasteiger charge is -2.05. The minimum atomic E-state index is -1.11. The van der Waals surface area contributed by atoms with E-state index in [9.17, 15) is 9.90 Å². The van der Waals surface area contributed by atoms with Gasteiger partial charge in [-0.25, -0.2) is 14.5 Å². The molecule has 0 amide bonds. The van der Waals surface area contributed by atoms with E-state index in [1.54, 1.807) is 4.68 Å². The molecule has 2 heterocycles. The summed E-state index contributed by atoms with van der Waals surface area (Å²) >= 11 is 0. The van der Waals surface area contributed by atoms with Crippen LogP contribution in [0.1, 0.15) is 10.6 Å². The lowest BCUT2D eigenvalue weighted by Crippen LogP contribution is -1.98. The Kier molecular flexibility index (Phi) is 3.91. The first-order valence-corrected chi connectivity index (χ1v) is 9.01. The number of aromatic amines is 1. The number of aromatic nitrogens is 5. The average Bonchev–Trinajstić information content (AvgIpc) is 3.39. The predicted molar refractivity (Wildman–Crippen MR) is 109 cm³/mol. The van der Waals surface area contributed by atoms with Gasteiger partial charge in [-0.15, -0.1) is 5.10 Å². The van der Waals surface area contributed by atoms with Crippen molar-refractivity contribution in [2.45, 2.75) is 0 Å². The number of hydrogen-bond donors (Lipinski definition) is 2. The molecule has 0 atom stereocenters. The molecule has 5 aromatic rings. The Balaban J connectivity index is 1.71. The minimum absolute atomic E-state index is 0.103. The third-order valence-corrected chi connectivity index (χ3v) is 4.69. The van der Waals surface area contributed by atoms with E-state index < -0.39 is 5.97 Å². The summed E-state index contributed by atoms with van der Waals surface area (Å²) in [6.07, 6.45) is 0. The van der Waals surface area contributed by atoms with Gasteiger partial charge in [0.1, 0.15) is 5.52 Å². The van der Waals surface area contributed by atoms with Crippen LogP contribution < -0.4 is 0 Å². The normalized spacial score (nSPS) is 11.0. The highest BCUT2D eigenvalue weighted by Gasteiger charge is 2.19. The maximum atomic E-state index is 11.5. The van der Waals surface area contributed by atoms with Gasteiger partial charge in [0, 0.05) is 11.1 Å². The number of aromatic carboxylic acids is 1. The van der Waals surface area contributed by atoms with Gasteiger partial charge in [-0.05, 0) is 24.3 Å². The van der Waals surface area contributed by atoms with Crippen molar-refractivity contribution in [2.24, 2.45) is 0 Å². The summed E-state index contributed by atoms with van der Waals surface area (Å²) in [4.78, 5) is 18.8. The molecule has 0 spiro atoms. The van der Waals surface area contributed by atoms with Crippen molar-refractivity contribution in [1.82, 2.24) is 25.0 Å². The molecule has 140 valence electrons. The maximum absolute atomic E-state index is 11.5. The van der Waals surface area contributed by atoms with Crippen molar-refractivity contribution in [3.05, 3.63) is 84.7 Å². The molecule has 0 saturated carbocycles. The fraction of sp³-hybridized carbons (Fsp3) is 0. The number of carboxylic acids is 1. The monoisotopic (exact) mass is 381 g/mol. The molecular weight excluding hydrogens is 366 g/mol. The second-order valence-corrected chi connectivity index (χ2v) is 6.52. The Labute approximate surface area is 165 Å². The molecule has 0 aliphatic heterocycles. The van der Waals surface area contributed by atoms with E-state index in [4.69, 9.17) is 0 Å². The van der Waals surface area contributed by atoms with E-state index in [1.165, 1.54) is 0 Å². The van der Waals surface area contributed by atoms with Crippen molar-refractivity contribution >= 4 is 17.0 Å². The number of H-pyrrole nitrogens is 1. The molecule has 0 bridgehead atoms. The molecule has 0 saturated heterocycles. The Morgan fingerprint density at radius 3 is 2.34 bits per heavy atom. The summed E-state index contributed by atoms with van der Waals surface area (Å²) in [5, 5.41) is 17.9. The second kappa shape index (κ2) is 6.72. The fourth-order valence-corrected chi connectivity index (χ4v) is 3.32. The van der Waals surface area contributed by atoms with Crippen molar-refractivity contribution in [1.29, 1.82) is 0 Å². The van der Waals surface area contributed by atoms with Crippen molar-refractivity contribution in [3.8, 4) is 28.2 Å². The van der Waals surface area contributed by atoms with Gasteiger partial charge >= 0.3 is 5.97 Å². The van der Waals surface area contributed by atoms with E-state index >= 15 is 0 Å². The van der Waals surface area contributed by atoms with E-state index in [2.05, 4.69) is 20.3 Å². The van der Waals surface area contributed by atoms with Crippen LogP contribution >= 0.6 is 0 Å². The first-order chi connectivity index (χ1) is 14.2. The number of benzene rings is 3. The molecule has 7 nitrogen and oxygen atoms in total. The summed E-state index contributed by atoms with van der Waals surface area (Å²) in [6.45, 7) is 0. The van der Waals surface area contributed by atoms with Gasteiger partial charge in [0.05, 0.1) is 22.6 Å². The SMILES string of the molecule is O=C(O)c1nc(-c2ccc3nnn(-c4ccccc4)c3c2)c(-c2ccccc2)[nH]1. The number of rotatable bonds is 4. The molecule has 0 radical (unpaired) electrons. The number of imidazole rings is 1. The van der Waals surface area contributed by atoms with Crippen LogP contribution in [0.3, 0.4) is 0 Å². The Bertz CT molecular complexity index is 1320. The molecule has 0 aliphatic carbocycles. The second-order valence-electron chi connectivity index (χ2n) is 6.52. The standard InChI is InChI=1S/C22H15N5O2/c28-22(29)21-23-19(14-7-3-1-4-8-14)20(24-21)15-11-12-17-18(13-15)27(26-25-17)16-9-5-2-6-10-16/h1-13H,(H,23,24)(H,28,29). The maximum Gasteiger partial charge on any atom is 0.371 e. The van der Waals surface area contributed by atoms with Crippen molar-refractivity contribution < 1.29 is 9.90 Å². The lowest BCUT2D eigenvalue weighted by molar-refractivity contribution is 0.0685. The summed E-state index contributed by atoms with van der Waals surface area (Å²) < 4.78 is 1.76. The van der Waals surface area contributed by atoms with Gasteiger partial charge in [-0.3, -0.25) is 0 Å². The molecule has 29 heavy (non-hydrogen) atoms. The Hall–Kier alpha value is -4.26. The van der Waals surface area contributed by atoms with Crippen LogP contribution in [0.15, 0.2) is 78.9 Å². The van der Waals surface area contributed by atoms with Crippen LogP contribution in [0.25, 0.3) is 39.2 Å². The minimum Gasteiger partial charge on any atom is -0.475 e. The van der Waals surface area contributed by atoms with E-state index in [0.717, 1.165) is 27.8 Å². The summed E-state index contributed by atoms with van der Waals surface area (Å²) in [5.74, 6) is -1.21. The summed E-state index contributed by atoms with van der Waals surface area (Å²) in [7, 11) is 0. The number of para-hydroxylation sites is 1. The van der Waals surface area contributed by atoms with Crippen LogP contribution in [0, 0.1) is 0 Å². The third-order valence-electron chi connectivity index (χ3n) is 4.69. The van der Waals surface area contributed by atoms with Crippen LogP contribution in [0.2, 0.25) is 0 Å². The Morgan fingerprint density at radius 1 is 0.897 bits per heavy atom. The zero-order chi connectivity index (χ0) is 19.8. The molecule has 2 aromatic heterocycles. The molecule has 2 N–H and O–H groups in total. The Morgan fingerprint density at radius 2 is 1.62 bits per heavy atom. The van der Waals surface area contributed by atoms with Gasteiger partial charge in [0.25, 0.3) is 0 Å². The average molecular weight is 381 g/mol. The predicted octanol–water partition coefficient (Wildman–Crippen LogP) is 4.18. The first-order valence-electron chi connectivity index (χ1n) is 9.01. The third kappa shape index (κ3) is 2.94. The van der Waals surface area contributed by atoms with Gasteiger partial charge < -0.3 is 10.1 Å². The number of nitrogens with zero attached hydrogens (tertiary/aromatic N) is 4. The number of fused-ring (bicyclic) bond motifs is 1. The molecule has 0 aliphatic rings. The molecule has 0 fully saturated rings. The smallest absolute Gasteiger partial charge is 0.371 e. The zero-order valence-electron chi connectivity index (χ0n) is 15.1. The first kappa shape index (κ1) is 16.9. The van der Waals surface area contributed by atoms with Gasteiger partial charge in [-0.2, -0.15) is 0 Å². The highest BCUT2D eigenvalue weighted by atomic mass is 16.4. The molecule has 3 aromatic carbocycles. The molecular formula is C22H15N5O2. The molecule has 7 heteroatoms. The number of nitrogens with one attached hydrogen (secondary N) is 1. The highest BCUT2D eigenvalue weighted by Crippen LogP contribution is 2.32. The van der Waals surface area contributed by atoms with E-state index in [-0.39, 0.29) is 5.82 Å². The number of carboxylic acid groups (broad SMARTS) is 1. The van der Waals surface area contributed by atoms with Crippen LogP contribution in [-0.4, -0.2) is 36.0 Å². The number of hydrogen-bond acceptors (Lipinski definition) is 4. The van der Waals surface area contributed by atoms with Crippen LogP contribution in [-0.2, 0) is 0 Å². The quantitative estimate of drug-likeness (QED) is 0.487. The summed E-state index contributed by atoms with van der Waals surface area (Å²) in [6, 6.07) is 24.9. The highest BCUT2D eigenvalue weighted by molar-refractivity contribution is 5.90. The number of carbonyl (C=O) groups is 1. The van der Waals surface area contributed by atoms with Gasteiger partial charge in [0.15, 0.2) is 0 Å². The van der Waals surface area contributed by atoms with Gasteiger partial charge in [0.2, 0.25) is 5.82 Å². The van der Waals surface area contributed by atoms with Gasteiger partial charge in [-0.1, -0.05) is 59.8 Å². The van der Waals surface area contributed by atoms with Crippen LogP contribution in [0.4, 0.5) is 0 Å². The molecule has 5 rings (SSSR count). The molecule has 0 unspecified atom stereocenters. The van der Waals surface area contributed by atoms with Crippen molar-refractivity contribution in [3.63, 3.8) is 0 Å². The van der Waals surface area contributed by atoms with E-state index in [0.29, 0.717) is 11.4 Å².